The summed E-state index contributed by atoms with van der Waals surface area (Å²) < 4.78 is 2.36. The van der Waals surface area contributed by atoms with Crippen molar-refractivity contribution in [2.24, 2.45) is 34.7 Å². The molecule has 0 fully saturated rings. The van der Waals surface area contributed by atoms with E-state index in [4.69, 9.17) is 56.5 Å². The molecule has 0 aliphatic carbocycles. The Bertz CT molecular complexity index is 3360. The summed E-state index contributed by atoms with van der Waals surface area (Å²) in [5.74, 6) is -1.27. The lowest BCUT2D eigenvalue weighted by Crippen LogP contribution is -2.59. The Hall–Kier alpha value is -9.79. The number of carbonyl (C=O) groups is 8. The number of ketones is 2. The van der Waals surface area contributed by atoms with E-state index in [-0.39, 0.29) is 91.2 Å². The summed E-state index contributed by atoms with van der Waals surface area (Å²) in [6, 6.07) is -0.00845. The first-order chi connectivity index (χ1) is 44.6. The molecule has 526 valence electrons. The van der Waals surface area contributed by atoms with Gasteiger partial charge in [0.2, 0.25) is 41.8 Å². The van der Waals surface area contributed by atoms with Gasteiger partial charge in [-0.2, -0.15) is 9.97 Å². The molecule has 95 heavy (non-hydrogen) atoms. The number of hydrogen-bond donors (Lipinski definition) is 20. The van der Waals surface area contributed by atoms with Crippen LogP contribution in [-0.4, -0.2) is 221 Å². The number of aromatic amines is 1. The summed E-state index contributed by atoms with van der Waals surface area (Å²) in [5, 5.41) is 53.8. The lowest BCUT2D eigenvalue weighted by molar-refractivity contribution is -0.142. The largest absolute Gasteiger partial charge is 0.383 e. The van der Waals surface area contributed by atoms with Gasteiger partial charge in [0.05, 0.1) is 42.6 Å². The van der Waals surface area contributed by atoms with Crippen molar-refractivity contribution < 1.29 is 43.5 Å². The molecule has 38 nitrogen and oxygen atoms in total. The van der Waals surface area contributed by atoms with Crippen LogP contribution >= 0.6 is 0 Å². The topological polar surface area (TPSA) is 605 Å². The third-order valence-corrected chi connectivity index (χ3v) is 15.8. The van der Waals surface area contributed by atoms with E-state index in [0.717, 1.165) is 14.4 Å². The molecule has 4 heterocycles. The van der Waals surface area contributed by atoms with Crippen LogP contribution in [0.4, 0.5) is 11.8 Å². The van der Waals surface area contributed by atoms with E-state index in [9.17, 15) is 53.1 Å². The van der Waals surface area contributed by atoms with Crippen molar-refractivity contribution in [3.05, 3.63) is 57.1 Å². The predicted octanol–water partition coefficient (Wildman–Crippen LogP) is -6.51. The highest BCUT2D eigenvalue weighted by Gasteiger charge is 2.36. The number of Topliss-reactive ketones (excluding diaryl/α,β-unsaturated/α-hetero) is 2. The quantitative estimate of drug-likeness (QED) is 0.00826. The molecule has 1 aliphatic heterocycles. The number of nitrogens with one attached hydrogen (secondary N) is 12. The molecule has 6 amide bonds. The van der Waals surface area contributed by atoms with Crippen molar-refractivity contribution in [1.29, 1.82) is 16.2 Å². The minimum atomic E-state index is -1.70. The van der Waals surface area contributed by atoms with Crippen molar-refractivity contribution >= 4 is 87.7 Å². The van der Waals surface area contributed by atoms with Crippen molar-refractivity contribution in [1.82, 2.24) is 86.3 Å². The zero-order valence-electron chi connectivity index (χ0n) is 54.8. The number of anilines is 2. The van der Waals surface area contributed by atoms with Crippen LogP contribution in [0.2, 0.25) is 0 Å². The van der Waals surface area contributed by atoms with E-state index < -0.39 is 140 Å². The Morgan fingerprint density at radius 1 is 0.684 bits per heavy atom. The van der Waals surface area contributed by atoms with Crippen LogP contribution in [0.15, 0.2) is 45.9 Å². The average Bonchev–Trinajstić information content (AvgIpc) is 1.70. The number of amides is 6. The number of guanidine groups is 3. The van der Waals surface area contributed by atoms with Gasteiger partial charge in [0, 0.05) is 81.6 Å². The first-order valence-electron chi connectivity index (χ1n) is 30.9. The monoisotopic (exact) mass is 1340 g/mol. The predicted molar refractivity (Wildman–Crippen MR) is 353 cm³/mol. The molecule has 4 rings (SSSR count). The molecule has 27 N–H and O–H groups in total. The van der Waals surface area contributed by atoms with Gasteiger partial charge < -0.3 is 101 Å². The normalized spacial score (nSPS) is 14.5. The van der Waals surface area contributed by atoms with Gasteiger partial charge in [-0.05, 0) is 97.6 Å². The number of nitrogen functional groups attached to an aromatic ring is 2. The number of unbranched alkanes of at least 4 members (excludes halogenated alkanes) is 2. The summed E-state index contributed by atoms with van der Waals surface area (Å²) in [6.07, 6.45) is 5.07. The maximum atomic E-state index is 15.0. The summed E-state index contributed by atoms with van der Waals surface area (Å²) in [7, 11) is 0. The number of hydrogen-bond acceptors (Lipinski definition) is 23. The van der Waals surface area contributed by atoms with Crippen LogP contribution in [0, 0.1) is 22.1 Å². The Kier molecular flexibility index (Phi) is 29.9. The van der Waals surface area contributed by atoms with Gasteiger partial charge in [0.15, 0.2) is 29.4 Å². The van der Waals surface area contributed by atoms with Crippen molar-refractivity contribution in [2.75, 3.05) is 83.5 Å². The fraction of sp³-hybridized carbons (Fsp3) is 0.596. The molecule has 3 aromatic rings. The molecule has 0 saturated carbocycles. The standard InChI is InChI=1S/C57H97N27O11/c1-33(12-11-19-70-52(64)65)38(72-43(88)29-82(45(90)31-80-21-16-41(59)73-54(80)94)25-36(14-8-10-18-69-51(62)63)77-56(3,4)39(85)22-58)26-83(46(91)32-84-23-34(2)48(92)76-55(84)95)28-42(87)71-35(13-7-9-17-68-50(60)61)24-81(27-40(86)57(5,6)78-67)44(89)30-79-20-15-37-47(79)74-53(66)75-49(37)93/h15-16,20-21,23,33,35-36,38,55,77-78,95H,7-14,17-19,22,24-32,58,67H2,1-6H3,(H,71,87)(H,72,88)(H,76,92)(H2,59,73,94)(H4,60,61,68)(H4,62,63,69)(H4,64,65,70)(H3,66,74,75,93)/t33-,35-,36-,38+,55?/m0/s1. The van der Waals surface area contributed by atoms with E-state index >= 15 is 0 Å². The SMILES string of the molecule is CC1=CN(CC(=O)N(CC(=O)N[C@@H](CCCCNC(=N)N)CN(CC(=O)C(C)(C)NN)C(=O)Cn2ccc3c(=O)[nH]c(N)nc32)C[C@@H](NC(=O)CN(C[C@H](CCCCNC(=N)N)NC(C)(C)C(=O)CN)C(=O)Cn2ccc(N)nc2=O)[C@@H](C)CCCNC(=N)N)C(O)NC1=O. The second-order valence-electron chi connectivity index (χ2n) is 24.4. The Labute approximate surface area is 548 Å². The van der Waals surface area contributed by atoms with E-state index in [2.05, 4.69) is 57.6 Å². The lowest BCUT2D eigenvalue weighted by Gasteiger charge is -2.36. The van der Waals surface area contributed by atoms with Crippen LogP contribution in [0.3, 0.4) is 0 Å². The fourth-order valence-electron chi connectivity index (χ4n) is 10.2. The average molecular weight is 1340 g/mol. The molecule has 0 aromatic carbocycles. The third-order valence-electron chi connectivity index (χ3n) is 15.8. The number of aromatic nitrogens is 5. The highest BCUT2D eigenvalue weighted by molar-refractivity contribution is 5.94. The first kappa shape index (κ1) is 77.7. The van der Waals surface area contributed by atoms with Gasteiger partial charge in [0.1, 0.15) is 31.1 Å². The minimum absolute atomic E-state index is 0.0747. The minimum Gasteiger partial charge on any atom is -0.383 e. The molecule has 38 heteroatoms. The number of carbonyl (C=O) groups excluding carboxylic acids is 8. The van der Waals surface area contributed by atoms with Crippen LogP contribution in [0.5, 0.6) is 0 Å². The molecule has 1 unspecified atom stereocenters. The summed E-state index contributed by atoms with van der Waals surface area (Å²) in [4.78, 5) is 154. The lowest BCUT2D eigenvalue weighted by atomic mass is 9.95. The van der Waals surface area contributed by atoms with Crippen LogP contribution in [0.1, 0.15) is 92.9 Å². The molecule has 0 radical (unpaired) electrons. The summed E-state index contributed by atoms with van der Waals surface area (Å²) >= 11 is 0. The summed E-state index contributed by atoms with van der Waals surface area (Å²) in [6.45, 7) is 5.24. The van der Waals surface area contributed by atoms with E-state index in [0.29, 0.717) is 51.5 Å². The highest BCUT2D eigenvalue weighted by atomic mass is 16.3. The maximum absolute atomic E-state index is 15.0. The number of fused-ring (bicyclic) bond motifs is 1. The molecule has 0 bridgehead atoms. The third kappa shape index (κ3) is 25.6. The smallest absolute Gasteiger partial charge is 0.349 e. The number of hydrazine groups is 1. The van der Waals surface area contributed by atoms with E-state index in [1.807, 2.05) is 0 Å². The zero-order chi connectivity index (χ0) is 70.9. The molecule has 3 aromatic heterocycles. The van der Waals surface area contributed by atoms with Crippen LogP contribution in [-0.2, 0) is 51.4 Å². The molecule has 5 atom stereocenters. The van der Waals surface area contributed by atoms with Gasteiger partial charge in [0.25, 0.3) is 11.5 Å². The Balaban J connectivity index is 1.82. The van der Waals surface area contributed by atoms with Gasteiger partial charge >= 0.3 is 5.69 Å². The Morgan fingerprint density at radius 3 is 1.79 bits per heavy atom. The number of aliphatic hydroxyl groups is 1. The van der Waals surface area contributed by atoms with Crippen molar-refractivity contribution in [2.45, 2.75) is 142 Å². The molecular weight excluding hydrogens is 1240 g/mol. The number of H-pyrrole nitrogens is 1. The zero-order valence-corrected chi connectivity index (χ0v) is 54.8. The van der Waals surface area contributed by atoms with Crippen LogP contribution in [0.25, 0.3) is 11.0 Å². The van der Waals surface area contributed by atoms with Crippen molar-refractivity contribution in [3.8, 4) is 0 Å². The molecular formula is C57H97N27O11. The van der Waals surface area contributed by atoms with Gasteiger partial charge in [-0.1, -0.05) is 13.3 Å². The molecule has 0 saturated heterocycles. The van der Waals surface area contributed by atoms with Gasteiger partial charge in [-0.25, -0.2) is 10.2 Å². The van der Waals surface area contributed by atoms with Gasteiger partial charge in [-0.3, -0.25) is 74.8 Å². The number of nitrogens with two attached hydrogens (primary N) is 7. The maximum Gasteiger partial charge on any atom is 0.349 e. The second kappa shape index (κ2) is 36.6. The second-order valence-corrected chi connectivity index (χ2v) is 24.4. The van der Waals surface area contributed by atoms with Gasteiger partial charge in [-0.15, -0.1) is 0 Å². The Morgan fingerprint density at radius 2 is 1.21 bits per heavy atom. The van der Waals surface area contributed by atoms with Crippen LogP contribution < -0.4 is 94.1 Å². The molecule has 1 aliphatic rings. The van der Waals surface area contributed by atoms with E-state index in [1.54, 1.807) is 20.8 Å². The first-order valence-corrected chi connectivity index (χ1v) is 30.9. The fourth-order valence-corrected chi connectivity index (χ4v) is 10.2. The highest BCUT2D eigenvalue weighted by Crippen LogP contribution is 2.18. The number of nitrogens with zero attached hydrogens (tertiary/aromatic N) is 8. The summed E-state index contributed by atoms with van der Waals surface area (Å²) in [5.41, 5.74) is 32.7. The number of aliphatic hydroxyl groups excluding tert-OH is 1. The number of rotatable bonds is 41. The molecule has 0 spiro atoms. The van der Waals surface area contributed by atoms with Crippen molar-refractivity contribution in [3.63, 3.8) is 0 Å². The van der Waals surface area contributed by atoms with E-state index in [1.165, 1.54) is 65.9 Å².